The Morgan fingerprint density at radius 3 is 2.94 bits per heavy atom. The topological polar surface area (TPSA) is 97.0 Å². The molecule has 0 aliphatic carbocycles. The van der Waals surface area contributed by atoms with Crippen molar-refractivity contribution >= 4 is 16.0 Å². The van der Waals surface area contributed by atoms with Crippen molar-refractivity contribution < 1.29 is 13.2 Å². The Labute approximate surface area is 102 Å². The van der Waals surface area contributed by atoms with Crippen LogP contribution >= 0.6 is 0 Å². The Bertz CT molecular complexity index is 355. The molecule has 1 heterocycles. The van der Waals surface area contributed by atoms with Gasteiger partial charge in [-0.15, -0.1) is 0 Å². The zero-order chi connectivity index (χ0) is 12.7. The fraction of sp³-hybridized carbons (Fsp3) is 0.889. The second-order valence-electron chi connectivity index (χ2n) is 3.76. The van der Waals surface area contributed by atoms with Crippen LogP contribution in [0.15, 0.2) is 4.99 Å². The molecule has 8 heteroatoms. The quantitative estimate of drug-likeness (QED) is 0.348. The SMILES string of the molecule is COCCNC(N)=NCCN1CCCS1(=O)=O. The number of hydrogen-bond donors (Lipinski definition) is 2. The number of aliphatic imine (C=N–C) groups is 1. The number of nitrogens with one attached hydrogen (secondary N) is 1. The van der Waals surface area contributed by atoms with Gasteiger partial charge < -0.3 is 15.8 Å². The zero-order valence-corrected chi connectivity index (χ0v) is 10.9. The monoisotopic (exact) mass is 264 g/mol. The van der Waals surface area contributed by atoms with Gasteiger partial charge in [0.2, 0.25) is 10.0 Å². The summed E-state index contributed by atoms with van der Waals surface area (Å²) in [5.41, 5.74) is 5.58. The maximum atomic E-state index is 11.5. The van der Waals surface area contributed by atoms with Gasteiger partial charge >= 0.3 is 0 Å². The summed E-state index contributed by atoms with van der Waals surface area (Å²) in [6.45, 7) is 2.51. The van der Waals surface area contributed by atoms with Crippen molar-refractivity contribution in [3.8, 4) is 0 Å². The van der Waals surface area contributed by atoms with Crippen molar-refractivity contribution in [1.82, 2.24) is 9.62 Å². The fourth-order valence-corrected chi connectivity index (χ4v) is 3.08. The average Bonchev–Trinajstić information content (AvgIpc) is 2.59. The molecule has 0 radical (unpaired) electrons. The summed E-state index contributed by atoms with van der Waals surface area (Å²) in [5.74, 6) is 0.566. The summed E-state index contributed by atoms with van der Waals surface area (Å²) >= 11 is 0. The van der Waals surface area contributed by atoms with Crippen molar-refractivity contribution in [2.45, 2.75) is 6.42 Å². The van der Waals surface area contributed by atoms with E-state index in [0.717, 1.165) is 0 Å². The summed E-state index contributed by atoms with van der Waals surface area (Å²) in [4.78, 5) is 4.05. The van der Waals surface area contributed by atoms with Gasteiger partial charge in [-0.05, 0) is 6.42 Å². The third-order valence-corrected chi connectivity index (χ3v) is 4.40. The number of hydrogen-bond acceptors (Lipinski definition) is 4. The first-order chi connectivity index (χ1) is 8.06. The molecule has 0 atom stereocenters. The number of guanidine groups is 1. The van der Waals surface area contributed by atoms with Crippen molar-refractivity contribution in [2.24, 2.45) is 10.7 Å². The number of ether oxygens (including phenoxy) is 1. The van der Waals surface area contributed by atoms with Gasteiger partial charge in [0.15, 0.2) is 5.96 Å². The predicted octanol–water partition coefficient (Wildman–Crippen LogP) is -1.43. The molecule has 0 amide bonds. The summed E-state index contributed by atoms with van der Waals surface area (Å²) in [6, 6.07) is 0. The zero-order valence-electron chi connectivity index (χ0n) is 10.1. The molecule has 0 aromatic carbocycles. The molecule has 1 rings (SSSR count). The number of methoxy groups -OCH3 is 1. The first-order valence-electron chi connectivity index (χ1n) is 5.57. The number of nitrogens with zero attached hydrogens (tertiary/aromatic N) is 2. The van der Waals surface area contributed by atoms with Gasteiger partial charge in [0, 0.05) is 26.7 Å². The van der Waals surface area contributed by atoms with Crippen LogP contribution in [0.5, 0.6) is 0 Å². The Kier molecular flexibility index (Phi) is 5.66. The van der Waals surface area contributed by atoms with Crippen LogP contribution in [0.1, 0.15) is 6.42 Å². The molecule has 0 spiro atoms. The van der Waals surface area contributed by atoms with E-state index in [1.54, 1.807) is 7.11 Å². The van der Waals surface area contributed by atoms with Gasteiger partial charge in [-0.3, -0.25) is 4.99 Å². The van der Waals surface area contributed by atoms with Crippen LogP contribution in [0.2, 0.25) is 0 Å². The van der Waals surface area contributed by atoms with E-state index in [4.69, 9.17) is 10.5 Å². The van der Waals surface area contributed by atoms with Crippen LogP contribution in [0.4, 0.5) is 0 Å². The second kappa shape index (κ2) is 6.77. The minimum Gasteiger partial charge on any atom is -0.383 e. The average molecular weight is 264 g/mol. The van der Waals surface area contributed by atoms with E-state index in [1.807, 2.05) is 0 Å². The third-order valence-electron chi connectivity index (χ3n) is 2.45. The lowest BCUT2D eigenvalue weighted by Gasteiger charge is -2.12. The predicted molar refractivity (Wildman–Crippen MR) is 66.3 cm³/mol. The molecular weight excluding hydrogens is 244 g/mol. The van der Waals surface area contributed by atoms with Gasteiger partial charge in [-0.25, -0.2) is 12.7 Å². The van der Waals surface area contributed by atoms with E-state index in [0.29, 0.717) is 45.2 Å². The Morgan fingerprint density at radius 1 is 1.59 bits per heavy atom. The highest BCUT2D eigenvalue weighted by atomic mass is 32.2. The molecule has 0 saturated carbocycles. The minimum absolute atomic E-state index is 0.248. The molecule has 3 N–H and O–H groups in total. The van der Waals surface area contributed by atoms with Gasteiger partial charge in [-0.2, -0.15) is 0 Å². The highest BCUT2D eigenvalue weighted by molar-refractivity contribution is 7.89. The highest BCUT2D eigenvalue weighted by Crippen LogP contribution is 2.11. The Morgan fingerprint density at radius 2 is 2.35 bits per heavy atom. The maximum absolute atomic E-state index is 11.5. The van der Waals surface area contributed by atoms with Crippen LogP contribution in [0, 0.1) is 0 Å². The highest BCUT2D eigenvalue weighted by Gasteiger charge is 2.27. The standard InChI is InChI=1S/C9H20N4O3S/c1-16-7-4-12-9(10)11-3-6-13-5-2-8-17(13,14)15/h2-8H2,1H3,(H3,10,11,12). The van der Waals surface area contributed by atoms with Gasteiger partial charge in [0.25, 0.3) is 0 Å². The lowest BCUT2D eigenvalue weighted by atomic mass is 10.5. The third kappa shape index (κ3) is 4.88. The molecule has 1 aliphatic heterocycles. The van der Waals surface area contributed by atoms with E-state index in [-0.39, 0.29) is 5.75 Å². The lowest BCUT2D eigenvalue weighted by Crippen LogP contribution is -2.35. The van der Waals surface area contributed by atoms with E-state index in [1.165, 1.54) is 4.31 Å². The number of nitrogens with two attached hydrogens (primary N) is 1. The molecule has 1 saturated heterocycles. The summed E-state index contributed by atoms with van der Waals surface area (Å²) in [7, 11) is -1.42. The van der Waals surface area contributed by atoms with Crippen molar-refractivity contribution in [3.05, 3.63) is 0 Å². The molecule has 7 nitrogen and oxygen atoms in total. The largest absolute Gasteiger partial charge is 0.383 e. The molecule has 0 bridgehead atoms. The van der Waals surface area contributed by atoms with Gasteiger partial charge in [0.05, 0.1) is 18.9 Å². The van der Waals surface area contributed by atoms with E-state index in [9.17, 15) is 8.42 Å². The number of sulfonamides is 1. The summed E-state index contributed by atoms with van der Waals surface area (Å²) < 4.78 is 29.2. The smallest absolute Gasteiger partial charge is 0.214 e. The molecule has 0 aromatic rings. The van der Waals surface area contributed by atoms with Crippen LogP contribution < -0.4 is 11.1 Å². The molecular formula is C9H20N4O3S. The fourth-order valence-electron chi connectivity index (χ4n) is 1.56. The van der Waals surface area contributed by atoms with Crippen molar-refractivity contribution in [1.29, 1.82) is 0 Å². The van der Waals surface area contributed by atoms with Crippen LogP contribution in [0.3, 0.4) is 0 Å². The molecule has 0 aromatic heterocycles. The minimum atomic E-state index is -3.02. The van der Waals surface area contributed by atoms with E-state index in [2.05, 4.69) is 10.3 Å². The summed E-state index contributed by atoms with van der Waals surface area (Å²) in [5, 5.41) is 2.86. The first kappa shape index (κ1) is 14.2. The van der Waals surface area contributed by atoms with Crippen molar-refractivity contribution in [2.75, 3.05) is 45.6 Å². The molecule has 0 unspecified atom stereocenters. The van der Waals surface area contributed by atoms with Crippen molar-refractivity contribution in [3.63, 3.8) is 0 Å². The van der Waals surface area contributed by atoms with Crippen LogP contribution in [-0.4, -0.2) is 64.3 Å². The molecule has 1 aliphatic rings. The Hall–Kier alpha value is -0.860. The van der Waals surface area contributed by atoms with E-state index < -0.39 is 10.0 Å². The lowest BCUT2D eigenvalue weighted by molar-refractivity contribution is 0.204. The molecule has 17 heavy (non-hydrogen) atoms. The summed E-state index contributed by atoms with van der Waals surface area (Å²) in [6.07, 6.45) is 0.702. The molecule has 1 fully saturated rings. The molecule has 100 valence electrons. The van der Waals surface area contributed by atoms with Gasteiger partial charge in [0.1, 0.15) is 0 Å². The number of rotatable bonds is 6. The second-order valence-corrected chi connectivity index (χ2v) is 5.84. The van der Waals surface area contributed by atoms with Gasteiger partial charge in [-0.1, -0.05) is 0 Å². The first-order valence-corrected chi connectivity index (χ1v) is 7.18. The van der Waals surface area contributed by atoms with Crippen LogP contribution in [0.25, 0.3) is 0 Å². The van der Waals surface area contributed by atoms with Crippen LogP contribution in [-0.2, 0) is 14.8 Å². The normalized spacial score (nSPS) is 20.6. The van der Waals surface area contributed by atoms with E-state index >= 15 is 0 Å². The maximum Gasteiger partial charge on any atom is 0.214 e. The Balaban J connectivity index is 2.24.